The molecule has 6 nitrogen and oxygen atoms in total. The second-order valence-electron chi connectivity index (χ2n) is 6.32. The number of aliphatic hydroxyl groups excluding tert-OH is 1. The zero-order valence-electron chi connectivity index (χ0n) is 14.9. The molecule has 0 spiro atoms. The highest BCUT2D eigenvalue weighted by molar-refractivity contribution is 6.30. The van der Waals surface area contributed by atoms with Crippen LogP contribution in [0.5, 0.6) is 5.75 Å². The number of ether oxygens (including phenoxy) is 1. The number of halogens is 1. The average molecular weight is 386 g/mol. The first kappa shape index (κ1) is 19.0. The van der Waals surface area contributed by atoms with E-state index >= 15 is 0 Å². The first-order chi connectivity index (χ1) is 13.0. The Kier molecular flexibility index (Phi) is 5.54. The van der Waals surface area contributed by atoms with Crippen LogP contribution in [-0.2, 0) is 13.0 Å². The van der Waals surface area contributed by atoms with Crippen LogP contribution < -0.4 is 16.0 Å². The summed E-state index contributed by atoms with van der Waals surface area (Å²) < 4.78 is 7.19. The summed E-state index contributed by atoms with van der Waals surface area (Å²) in [6, 6.07) is 10.8. The quantitative estimate of drug-likeness (QED) is 0.823. The smallest absolute Gasteiger partial charge is 0.258 e. The Morgan fingerprint density at radius 3 is 2.67 bits per heavy atom. The third-order valence-corrected chi connectivity index (χ3v) is 4.85. The lowest BCUT2D eigenvalue weighted by Crippen LogP contribution is -2.34. The Morgan fingerprint density at radius 2 is 2.07 bits per heavy atom. The Labute approximate surface area is 162 Å². The number of aromatic nitrogens is 1. The van der Waals surface area contributed by atoms with Gasteiger partial charge in [-0.15, -0.1) is 0 Å². The van der Waals surface area contributed by atoms with Crippen molar-refractivity contribution >= 4 is 11.6 Å². The molecule has 0 amide bonds. The first-order valence-electron chi connectivity index (χ1n) is 8.72. The molecule has 140 valence electrons. The van der Waals surface area contributed by atoms with E-state index < -0.39 is 5.92 Å². The van der Waals surface area contributed by atoms with Crippen LogP contribution in [0.15, 0.2) is 46.6 Å². The molecule has 27 heavy (non-hydrogen) atoms. The highest BCUT2D eigenvalue weighted by Crippen LogP contribution is 2.40. The van der Waals surface area contributed by atoms with Crippen molar-refractivity contribution < 1.29 is 9.84 Å². The van der Waals surface area contributed by atoms with Crippen LogP contribution >= 0.6 is 11.6 Å². The van der Waals surface area contributed by atoms with Crippen molar-refractivity contribution in [2.75, 3.05) is 6.61 Å². The van der Waals surface area contributed by atoms with Gasteiger partial charge in [0.15, 0.2) is 0 Å². The van der Waals surface area contributed by atoms with Gasteiger partial charge in [-0.25, -0.2) is 0 Å². The van der Waals surface area contributed by atoms with Gasteiger partial charge in [0.2, 0.25) is 5.88 Å². The van der Waals surface area contributed by atoms with E-state index in [0.717, 1.165) is 17.7 Å². The second-order valence-corrected chi connectivity index (χ2v) is 6.76. The fourth-order valence-corrected chi connectivity index (χ4v) is 3.54. The maximum Gasteiger partial charge on any atom is 0.258 e. The summed E-state index contributed by atoms with van der Waals surface area (Å²) in [4.78, 5) is 13.3. The minimum atomic E-state index is -0.649. The fraction of sp³-hybridized carbons (Fsp3) is 0.300. The summed E-state index contributed by atoms with van der Waals surface area (Å²) in [7, 11) is 0. The van der Waals surface area contributed by atoms with Crippen LogP contribution in [-0.4, -0.2) is 16.3 Å². The molecule has 1 aromatic carbocycles. The normalized spacial score (nSPS) is 15.9. The number of benzene rings is 1. The zero-order chi connectivity index (χ0) is 19.6. The van der Waals surface area contributed by atoms with E-state index in [4.69, 9.17) is 22.1 Å². The van der Waals surface area contributed by atoms with Crippen molar-refractivity contribution in [2.45, 2.75) is 32.2 Å². The molecule has 7 heteroatoms. The number of nitriles is 1. The maximum atomic E-state index is 13.3. The van der Waals surface area contributed by atoms with Gasteiger partial charge < -0.3 is 20.1 Å². The molecule has 1 atom stereocenters. The van der Waals surface area contributed by atoms with Crippen LogP contribution in [0.2, 0.25) is 5.02 Å². The molecule has 0 radical (unpaired) electrons. The Morgan fingerprint density at radius 1 is 1.37 bits per heavy atom. The third kappa shape index (κ3) is 3.44. The zero-order valence-corrected chi connectivity index (χ0v) is 15.7. The topological polar surface area (TPSA) is 101 Å². The third-order valence-electron chi connectivity index (χ3n) is 4.60. The van der Waals surface area contributed by atoms with E-state index in [2.05, 4.69) is 6.07 Å². The molecule has 0 saturated carbocycles. The summed E-state index contributed by atoms with van der Waals surface area (Å²) in [6.07, 6.45) is 1.49. The number of allylic oxidation sites excluding steroid dienone is 1. The Hall–Kier alpha value is -2.75. The van der Waals surface area contributed by atoms with Gasteiger partial charge in [0.05, 0.1) is 18.1 Å². The standard InChI is InChI=1S/C20H20ClN3O3/c1-2-3-14-10-16-18(20(26)24(14)8-9-25)17(15(11-22)19(23)27-16)12-4-6-13(21)7-5-12/h4-7,10,17,25H,2-3,8-9,23H2,1H3. The van der Waals surface area contributed by atoms with Crippen LogP contribution in [0.1, 0.15) is 36.1 Å². The lowest BCUT2D eigenvalue weighted by Gasteiger charge is -2.27. The number of fused-ring (bicyclic) bond motifs is 1. The van der Waals surface area contributed by atoms with Crippen LogP contribution in [0.3, 0.4) is 0 Å². The molecule has 1 unspecified atom stereocenters. The monoisotopic (exact) mass is 385 g/mol. The van der Waals surface area contributed by atoms with Crippen molar-refractivity contribution in [1.29, 1.82) is 5.26 Å². The highest BCUT2D eigenvalue weighted by atomic mass is 35.5. The number of nitrogens with zero attached hydrogens (tertiary/aromatic N) is 2. The van der Waals surface area contributed by atoms with E-state index in [1.807, 2.05) is 6.92 Å². The van der Waals surface area contributed by atoms with Crippen molar-refractivity contribution in [1.82, 2.24) is 4.57 Å². The second kappa shape index (κ2) is 7.87. The van der Waals surface area contributed by atoms with Crippen molar-refractivity contribution in [3.05, 3.63) is 74.0 Å². The van der Waals surface area contributed by atoms with Crippen molar-refractivity contribution in [3.63, 3.8) is 0 Å². The van der Waals surface area contributed by atoms with E-state index in [1.165, 1.54) is 0 Å². The van der Waals surface area contributed by atoms with Gasteiger partial charge in [0.1, 0.15) is 17.4 Å². The molecular formula is C20H20ClN3O3. The van der Waals surface area contributed by atoms with Crippen LogP contribution in [0.25, 0.3) is 0 Å². The van der Waals surface area contributed by atoms with Gasteiger partial charge in [-0.05, 0) is 24.1 Å². The van der Waals surface area contributed by atoms with E-state index in [1.54, 1.807) is 34.9 Å². The molecule has 0 fully saturated rings. The predicted octanol–water partition coefficient (Wildman–Crippen LogP) is 2.66. The van der Waals surface area contributed by atoms with E-state index in [9.17, 15) is 15.2 Å². The molecule has 0 bridgehead atoms. The van der Waals surface area contributed by atoms with E-state index in [-0.39, 0.29) is 30.2 Å². The number of aliphatic hydroxyl groups is 1. The van der Waals surface area contributed by atoms with Crippen LogP contribution in [0.4, 0.5) is 0 Å². The number of rotatable bonds is 5. The van der Waals surface area contributed by atoms with Gasteiger partial charge in [-0.1, -0.05) is 37.1 Å². The summed E-state index contributed by atoms with van der Waals surface area (Å²) in [5.41, 5.74) is 7.72. The largest absolute Gasteiger partial charge is 0.440 e. The minimum absolute atomic E-state index is 0.00768. The SMILES string of the molecule is CCCc1cc2c(c(=O)n1CCO)C(c1ccc(Cl)cc1)C(C#N)=C(N)O2. The van der Waals surface area contributed by atoms with Gasteiger partial charge in [-0.2, -0.15) is 5.26 Å². The summed E-state index contributed by atoms with van der Waals surface area (Å²) in [5, 5.41) is 19.6. The number of hydrogen-bond acceptors (Lipinski definition) is 5. The Balaban J connectivity index is 2.29. The van der Waals surface area contributed by atoms with Crippen molar-refractivity contribution in [2.24, 2.45) is 5.73 Å². The molecule has 2 heterocycles. The summed E-state index contributed by atoms with van der Waals surface area (Å²) in [5.74, 6) is -0.301. The molecule has 0 saturated heterocycles. The fourth-order valence-electron chi connectivity index (χ4n) is 3.42. The lowest BCUT2D eigenvalue weighted by atomic mass is 9.84. The highest BCUT2D eigenvalue weighted by Gasteiger charge is 2.34. The molecule has 1 aliphatic rings. The molecule has 1 aliphatic heterocycles. The van der Waals surface area contributed by atoms with Crippen molar-refractivity contribution in [3.8, 4) is 11.8 Å². The summed E-state index contributed by atoms with van der Waals surface area (Å²) in [6.45, 7) is 2.02. The van der Waals surface area contributed by atoms with Gasteiger partial charge in [0.25, 0.3) is 5.56 Å². The lowest BCUT2D eigenvalue weighted by molar-refractivity contribution is 0.271. The first-order valence-corrected chi connectivity index (χ1v) is 9.10. The molecule has 1 aromatic heterocycles. The Bertz CT molecular complexity index is 987. The number of aryl methyl sites for hydroxylation is 1. The van der Waals surface area contributed by atoms with E-state index in [0.29, 0.717) is 22.8 Å². The van der Waals surface area contributed by atoms with Gasteiger partial charge >= 0.3 is 0 Å². The number of pyridine rings is 1. The summed E-state index contributed by atoms with van der Waals surface area (Å²) >= 11 is 5.98. The molecule has 3 rings (SSSR count). The number of nitrogens with two attached hydrogens (primary N) is 1. The molecule has 0 aliphatic carbocycles. The van der Waals surface area contributed by atoms with Gasteiger partial charge in [-0.3, -0.25) is 4.79 Å². The predicted molar refractivity (Wildman–Crippen MR) is 103 cm³/mol. The molecule has 2 aromatic rings. The minimum Gasteiger partial charge on any atom is -0.440 e. The van der Waals surface area contributed by atoms with Gasteiger partial charge in [0, 0.05) is 23.3 Å². The molecular weight excluding hydrogens is 366 g/mol. The average Bonchev–Trinajstić information content (AvgIpc) is 2.65. The van der Waals surface area contributed by atoms with Crippen LogP contribution in [0, 0.1) is 11.3 Å². The maximum absolute atomic E-state index is 13.3. The number of hydrogen-bond donors (Lipinski definition) is 2. The molecule has 3 N–H and O–H groups in total.